The van der Waals surface area contributed by atoms with Gasteiger partial charge >= 0.3 is 5.97 Å². The number of nitrogens with one attached hydrogen (secondary N) is 1. The molecular weight excluding hydrogens is 226 g/mol. The van der Waals surface area contributed by atoms with Crippen LogP contribution in [-0.4, -0.2) is 39.4 Å². The van der Waals surface area contributed by atoms with Gasteiger partial charge in [0.2, 0.25) is 0 Å². The molecule has 0 aromatic carbocycles. The highest BCUT2D eigenvalue weighted by Gasteiger charge is 2.16. The maximum Gasteiger partial charge on any atom is 0.303 e. The van der Waals surface area contributed by atoms with Crippen LogP contribution in [0, 0.1) is 0 Å². The Balaban J connectivity index is 1.91. The molecule has 1 heterocycles. The molecule has 0 aromatic rings. The second kappa shape index (κ2) is 7.79. The van der Waals surface area contributed by atoms with Crippen molar-refractivity contribution in [3.8, 4) is 0 Å². The van der Waals surface area contributed by atoms with E-state index >= 15 is 0 Å². The van der Waals surface area contributed by atoms with Gasteiger partial charge in [0, 0.05) is 34.8 Å². The Bertz CT molecular complexity index is 235. The third-order valence-corrected chi connectivity index (χ3v) is 4.27. The SMILES string of the molecule is O=C(O)CCCCCNC1CCS(=O)CC1. The minimum atomic E-state index is -0.706. The van der Waals surface area contributed by atoms with Gasteiger partial charge in [-0.05, 0) is 32.2 Å². The molecule has 0 saturated carbocycles. The number of carboxylic acid groups (broad SMARTS) is 1. The van der Waals surface area contributed by atoms with Gasteiger partial charge in [-0.1, -0.05) is 6.42 Å². The molecule has 1 aliphatic rings. The second-order valence-electron chi connectivity index (χ2n) is 4.28. The Hall–Kier alpha value is -0.420. The van der Waals surface area contributed by atoms with Crippen LogP contribution in [0.2, 0.25) is 0 Å². The Morgan fingerprint density at radius 1 is 1.25 bits per heavy atom. The molecule has 0 radical (unpaired) electrons. The fraction of sp³-hybridized carbons (Fsp3) is 0.909. The predicted molar refractivity (Wildman–Crippen MR) is 65.0 cm³/mol. The summed E-state index contributed by atoms with van der Waals surface area (Å²) in [5.41, 5.74) is 0. The molecule has 0 atom stereocenters. The molecule has 1 fully saturated rings. The van der Waals surface area contributed by atoms with Crippen molar-refractivity contribution in [3.05, 3.63) is 0 Å². The standard InChI is InChI=1S/C11H21NO3S/c13-11(14)4-2-1-3-7-12-10-5-8-16(15)9-6-10/h10,12H,1-9H2,(H,13,14). The molecule has 0 unspecified atom stereocenters. The van der Waals surface area contributed by atoms with Crippen LogP contribution in [0.4, 0.5) is 0 Å². The van der Waals surface area contributed by atoms with Gasteiger partial charge in [0.15, 0.2) is 0 Å². The Kier molecular flexibility index (Phi) is 6.64. The van der Waals surface area contributed by atoms with Crippen molar-refractivity contribution in [1.82, 2.24) is 5.32 Å². The molecule has 1 rings (SSSR count). The molecule has 4 nitrogen and oxygen atoms in total. The van der Waals surface area contributed by atoms with Crippen LogP contribution in [0.1, 0.15) is 38.5 Å². The third kappa shape index (κ3) is 6.23. The van der Waals surface area contributed by atoms with Gasteiger partial charge in [-0.2, -0.15) is 0 Å². The number of hydrogen-bond donors (Lipinski definition) is 2. The average molecular weight is 247 g/mol. The van der Waals surface area contributed by atoms with E-state index in [9.17, 15) is 9.00 Å². The Labute approximate surface area is 99.3 Å². The van der Waals surface area contributed by atoms with Crippen LogP contribution in [0.25, 0.3) is 0 Å². The molecule has 5 heteroatoms. The molecule has 0 spiro atoms. The van der Waals surface area contributed by atoms with Gasteiger partial charge in [-0.15, -0.1) is 0 Å². The van der Waals surface area contributed by atoms with Gasteiger partial charge in [0.25, 0.3) is 0 Å². The summed E-state index contributed by atoms with van der Waals surface area (Å²) in [6.07, 6.45) is 5.09. The fourth-order valence-corrected chi connectivity index (χ4v) is 3.18. The van der Waals surface area contributed by atoms with Crippen molar-refractivity contribution < 1.29 is 14.1 Å². The van der Waals surface area contributed by atoms with E-state index in [4.69, 9.17) is 5.11 Å². The molecule has 2 N–H and O–H groups in total. The Morgan fingerprint density at radius 3 is 2.56 bits per heavy atom. The highest BCUT2D eigenvalue weighted by Crippen LogP contribution is 2.09. The van der Waals surface area contributed by atoms with E-state index in [1.165, 1.54) is 0 Å². The molecule has 1 aliphatic heterocycles. The molecule has 16 heavy (non-hydrogen) atoms. The molecule has 94 valence electrons. The summed E-state index contributed by atoms with van der Waals surface area (Å²) in [4.78, 5) is 10.3. The summed E-state index contributed by atoms with van der Waals surface area (Å²) in [5, 5.41) is 11.9. The zero-order valence-electron chi connectivity index (χ0n) is 9.61. The zero-order chi connectivity index (χ0) is 11.8. The lowest BCUT2D eigenvalue weighted by Gasteiger charge is -2.22. The number of rotatable bonds is 7. The number of hydrogen-bond acceptors (Lipinski definition) is 3. The van der Waals surface area contributed by atoms with Crippen LogP contribution in [0.15, 0.2) is 0 Å². The van der Waals surface area contributed by atoms with Crippen molar-refractivity contribution in [2.75, 3.05) is 18.1 Å². The monoisotopic (exact) mass is 247 g/mol. The number of aliphatic carboxylic acids is 1. The quantitative estimate of drug-likeness (QED) is 0.662. The number of carboxylic acids is 1. The maximum atomic E-state index is 11.1. The van der Waals surface area contributed by atoms with Crippen molar-refractivity contribution in [2.45, 2.75) is 44.6 Å². The summed E-state index contributed by atoms with van der Waals surface area (Å²) < 4.78 is 11.1. The van der Waals surface area contributed by atoms with E-state index in [1.54, 1.807) is 0 Å². The number of unbranched alkanes of at least 4 members (excludes halogenated alkanes) is 2. The minimum absolute atomic E-state index is 0.280. The minimum Gasteiger partial charge on any atom is -0.481 e. The maximum absolute atomic E-state index is 11.1. The highest BCUT2D eigenvalue weighted by atomic mass is 32.2. The van der Waals surface area contributed by atoms with Crippen molar-refractivity contribution in [1.29, 1.82) is 0 Å². The molecular formula is C11H21NO3S. The van der Waals surface area contributed by atoms with Crippen molar-refractivity contribution in [3.63, 3.8) is 0 Å². The van der Waals surface area contributed by atoms with Crippen LogP contribution in [0.3, 0.4) is 0 Å². The van der Waals surface area contributed by atoms with E-state index in [2.05, 4.69) is 5.32 Å². The van der Waals surface area contributed by atoms with Crippen molar-refractivity contribution >= 4 is 16.8 Å². The van der Waals surface area contributed by atoms with Crippen LogP contribution in [-0.2, 0) is 15.6 Å². The largest absolute Gasteiger partial charge is 0.481 e. The Morgan fingerprint density at radius 2 is 1.94 bits per heavy atom. The molecule has 0 bridgehead atoms. The summed E-state index contributed by atoms with van der Waals surface area (Å²) in [7, 11) is -0.582. The van der Waals surface area contributed by atoms with E-state index in [0.29, 0.717) is 6.04 Å². The molecule has 0 aliphatic carbocycles. The summed E-state index contributed by atoms with van der Waals surface area (Å²) in [6.45, 7) is 0.955. The normalized spacial score (nSPS) is 25.5. The molecule has 0 aromatic heterocycles. The second-order valence-corrected chi connectivity index (χ2v) is 5.98. The lowest BCUT2D eigenvalue weighted by Crippen LogP contribution is -2.36. The first-order valence-electron chi connectivity index (χ1n) is 5.98. The van der Waals surface area contributed by atoms with E-state index in [0.717, 1.165) is 50.2 Å². The van der Waals surface area contributed by atoms with E-state index in [-0.39, 0.29) is 6.42 Å². The van der Waals surface area contributed by atoms with Crippen molar-refractivity contribution in [2.24, 2.45) is 0 Å². The summed E-state index contributed by atoms with van der Waals surface area (Å²) in [5.74, 6) is 0.954. The van der Waals surface area contributed by atoms with Crippen LogP contribution >= 0.6 is 0 Å². The first-order chi connectivity index (χ1) is 7.68. The topological polar surface area (TPSA) is 66.4 Å². The average Bonchev–Trinajstić information content (AvgIpc) is 2.25. The molecule has 1 saturated heterocycles. The summed E-state index contributed by atoms with van der Waals surface area (Å²) in [6, 6.07) is 0.525. The first-order valence-corrected chi connectivity index (χ1v) is 7.47. The first kappa shape index (κ1) is 13.6. The summed E-state index contributed by atoms with van der Waals surface area (Å²) >= 11 is 0. The predicted octanol–water partition coefficient (Wildman–Crippen LogP) is 1.13. The van der Waals surface area contributed by atoms with Gasteiger partial charge in [-0.25, -0.2) is 0 Å². The van der Waals surface area contributed by atoms with Gasteiger partial charge in [0.05, 0.1) is 0 Å². The lowest BCUT2D eigenvalue weighted by molar-refractivity contribution is -0.137. The third-order valence-electron chi connectivity index (χ3n) is 2.89. The fourth-order valence-electron chi connectivity index (χ4n) is 1.88. The van der Waals surface area contributed by atoms with E-state index < -0.39 is 16.8 Å². The van der Waals surface area contributed by atoms with Gasteiger partial charge < -0.3 is 10.4 Å². The van der Waals surface area contributed by atoms with Crippen LogP contribution < -0.4 is 5.32 Å². The highest BCUT2D eigenvalue weighted by molar-refractivity contribution is 7.85. The zero-order valence-corrected chi connectivity index (χ0v) is 10.4. The molecule has 0 amide bonds. The smallest absolute Gasteiger partial charge is 0.303 e. The van der Waals surface area contributed by atoms with Gasteiger partial charge in [-0.3, -0.25) is 9.00 Å². The van der Waals surface area contributed by atoms with Crippen LogP contribution in [0.5, 0.6) is 0 Å². The lowest BCUT2D eigenvalue weighted by atomic mass is 10.1. The van der Waals surface area contributed by atoms with E-state index in [1.807, 2.05) is 0 Å². The van der Waals surface area contributed by atoms with Gasteiger partial charge in [0.1, 0.15) is 0 Å². The number of carbonyl (C=O) groups is 1.